The van der Waals surface area contributed by atoms with Crippen LogP contribution in [0.3, 0.4) is 0 Å². The molecule has 0 bridgehead atoms. The van der Waals surface area contributed by atoms with Crippen molar-refractivity contribution in [2.75, 3.05) is 0 Å². The summed E-state index contributed by atoms with van der Waals surface area (Å²) in [4.78, 5) is 5.62. The van der Waals surface area contributed by atoms with E-state index in [4.69, 9.17) is 9.41 Å². The number of fused-ring (bicyclic) bond motifs is 14. The van der Waals surface area contributed by atoms with Crippen LogP contribution in [-0.4, -0.2) is 10.5 Å². The summed E-state index contributed by atoms with van der Waals surface area (Å²) in [5.41, 5.74) is 17.2. The zero-order valence-electron chi connectivity index (χ0n) is 31.6. The van der Waals surface area contributed by atoms with Gasteiger partial charge in [-0.25, -0.2) is 4.99 Å². The molecule has 0 saturated carbocycles. The molecule has 0 saturated heterocycles. The first-order chi connectivity index (χ1) is 28.1. The van der Waals surface area contributed by atoms with Gasteiger partial charge in [-0.2, -0.15) is 0 Å². The molecule has 12 rings (SSSR count). The number of aromatic nitrogens is 1. The number of furan rings is 1. The molecule has 0 amide bonds. The van der Waals surface area contributed by atoms with Crippen LogP contribution in [0.2, 0.25) is 0 Å². The van der Waals surface area contributed by atoms with Crippen molar-refractivity contribution in [3.8, 4) is 11.1 Å². The number of benzene rings is 7. The predicted octanol–water partition coefficient (Wildman–Crippen LogP) is 13.0. The van der Waals surface area contributed by atoms with E-state index in [0.29, 0.717) is 0 Å². The van der Waals surface area contributed by atoms with Gasteiger partial charge >= 0.3 is 0 Å². The Morgan fingerprint density at radius 1 is 0.649 bits per heavy atom. The Bertz CT molecular complexity index is 3300. The molecule has 57 heavy (non-hydrogen) atoms. The van der Waals surface area contributed by atoms with Gasteiger partial charge < -0.3 is 9.73 Å². The minimum atomic E-state index is -0.448. The number of hydrogen-bond donors (Lipinski definition) is 1. The maximum atomic E-state index is 6.40. The van der Waals surface area contributed by atoms with Crippen molar-refractivity contribution < 1.29 is 4.42 Å². The van der Waals surface area contributed by atoms with Gasteiger partial charge in [-0.15, -0.1) is 0 Å². The maximum Gasteiger partial charge on any atom is 0.208 e. The fraction of sp³-hybridized carbons (Fsp3) is 0.0755. The average molecular weight is 732 g/mol. The molecule has 9 aromatic rings. The van der Waals surface area contributed by atoms with E-state index in [0.717, 1.165) is 55.8 Å². The largest absolute Gasteiger partial charge is 0.456 e. The number of nitrogens with one attached hydrogen (secondary N) is 1. The summed E-state index contributed by atoms with van der Waals surface area (Å²) >= 11 is 0. The Morgan fingerprint density at radius 2 is 1.33 bits per heavy atom. The summed E-state index contributed by atoms with van der Waals surface area (Å²) in [6.45, 7) is 4.42. The fourth-order valence-electron chi connectivity index (χ4n) is 10.3. The second kappa shape index (κ2) is 11.9. The smallest absolute Gasteiger partial charge is 0.208 e. The van der Waals surface area contributed by atoms with Crippen molar-refractivity contribution in [3.05, 3.63) is 215 Å². The molecule has 4 nitrogen and oxygen atoms in total. The highest BCUT2D eigenvalue weighted by molar-refractivity contribution is 6.20. The quantitative estimate of drug-likeness (QED) is 0.197. The van der Waals surface area contributed by atoms with E-state index in [9.17, 15) is 0 Å². The van der Waals surface area contributed by atoms with Crippen LogP contribution >= 0.6 is 0 Å². The summed E-state index contributed by atoms with van der Waals surface area (Å²) < 4.78 is 8.80. The standard InChI is InChI=1S/C53H37N3O/c1-3-15-41-32(2)35-18-7-11-22-42(35)53(41)43-23-12-8-21-40(43)50-44(53)29-28-39-36-19-9-13-24-47(36)56(51(39)50)52-54-45(33-16-5-4-6-17-33)31-46(55-52)34-26-27-38-37-20-10-14-25-48(37)57-49(38)30-34/h3-31,46H,1-2H3,(H,54,55)/b15-3-. The van der Waals surface area contributed by atoms with Gasteiger partial charge in [0.2, 0.25) is 5.96 Å². The van der Waals surface area contributed by atoms with E-state index < -0.39 is 5.41 Å². The maximum absolute atomic E-state index is 6.40. The highest BCUT2D eigenvalue weighted by atomic mass is 16.3. The van der Waals surface area contributed by atoms with Crippen molar-refractivity contribution in [2.45, 2.75) is 25.3 Å². The van der Waals surface area contributed by atoms with Crippen molar-refractivity contribution >= 4 is 61.0 Å². The Morgan fingerprint density at radius 3 is 2.18 bits per heavy atom. The molecule has 1 spiro atoms. The summed E-state index contributed by atoms with van der Waals surface area (Å²) in [5, 5.41) is 8.51. The van der Waals surface area contributed by atoms with Crippen LogP contribution in [0.5, 0.6) is 0 Å². The van der Waals surface area contributed by atoms with Gasteiger partial charge in [0.05, 0.1) is 22.5 Å². The molecule has 270 valence electrons. The lowest BCUT2D eigenvalue weighted by Crippen LogP contribution is -2.33. The first-order valence-corrected chi connectivity index (χ1v) is 19.8. The first-order valence-electron chi connectivity index (χ1n) is 19.8. The number of para-hydroxylation sites is 2. The van der Waals surface area contributed by atoms with Crippen molar-refractivity contribution in [1.82, 2.24) is 9.88 Å². The van der Waals surface area contributed by atoms with E-state index in [2.05, 4.69) is 188 Å². The number of aliphatic imine (C=N–C) groups is 1. The van der Waals surface area contributed by atoms with Crippen LogP contribution < -0.4 is 5.32 Å². The summed E-state index contributed by atoms with van der Waals surface area (Å²) in [6, 6.07) is 56.8. The SMILES string of the molecule is C/C=C\C1=C(C)c2ccccc2C12c1ccccc1-c1c2ccc2c3ccccc3n(C3=NC(c4ccc5c(c4)oc4ccccc45)C=C(c4ccccc4)N3)c12. The van der Waals surface area contributed by atoms with Crippen LogP contribution in [0.1, 0.15) is 53.3 Å². The van der Waals surface area contributed by atoms with Crippen LogP contribution in [0.25, 0.3) is 66.1 Å². The Balaban J connectivity index is 1.16. The fourth-order valence-corrected chi connectivity index (χ4v) is 10.3. The van der Waals surface area contributed by atoms with Crippen LogP contribution in [0, 0.1) is 0 Å². The van der Waals surface area contributed by atoms with E-state index >= 15 is 0 Å². The molecular weight excluding hydrogens is 695 g/mol. The molecule has 2 unspecified atom stereocenters. The third-order valence-electron chi connectivity index (χ3n) is 12.6. The van der Waals surface area contributed by atoms with E-state index in [1.54, 1.807) is 0 Å². The molecular formula is C53H37N3O. The molecule has 3 aliphatic rings. The highest BCUT2D eigenvalue weighted by Crippen LogP contribution is 2.63. The third-order valence-corrected chi connectivity index (χ3v) is 12.6. The van der Waals surface area contributed by atoms with Crippen molar-refractivity contribution in [3.63, 3.8) is 0 Å². The topological polar surface area (TPSA) is 42.5 Å². The number of rotatable bonds is 3. The van der Waals surface area contributed by atoms with Gasteiger partial charge in [0.25, 0.3) is 0 Å². The van der Waals surface area contributed by atoms with Crippen LogP contribution in [-0.2, 0) is 5.41 Å². The average Bonchev–Trinajstić information content (AvgIpc) is 3.97. The lowest BCUT2D eigenvalue weighted by atomic mass is 9.69. The number of hydrogen-bond acceptors (Lipinski definition) is 3. The minimum absolute atomic E-state index is 0.269. The summed E-state index contributed by atoms with van der Waals surface area (Å²) in [7, 11) is 0. The van der Waals surface area contributed by atoms with E-state index in [1.807, 2.05) is 12.1 Å². The molecule has 0 fully saturated rings. The van der Waals surface area contributed by atoms with Gasteiger partial charge in [0.1, 0.15) is 11.2 Å². The van der Waals surface area contributed by atoms with Gasteiger partial charge in [0, 0.05) is 32.8 Å². The van der Waals surface area contributed by atoms with Gasteiger partial charge in [-0.1, -0.05) is 152 Å². The number of nitrogens with zero attached hydrogens (tertiary/aromatic N) is 2. The van der Waals surface area contributed by atoms with Gasteiger partial charge in [-0.3, -0.25) is 4.57 Å². The highest BCUT2D eigenvalue weighted by Gasteiger charge is 2.52. The van der Waals surface area contributed by atoms with Crippen molar-refractivity contribution in [2.24, 2.45) is 4.99 Å². The molecule has 3 heterocycles. The van der Waals surface area contributed by atoms with Crippen LogP contribution in [0.15, 0.2) is 191 Å². The lowest BCUT2D eigenvalue weighted by Gasteiger charge is -2.31. The lowest BCUT2D eigenvalue weighted by molar-refractivity contribution is 0.667. The minimum Gasteiger partial charge on any atom is -0.456 e. The molecule has 1 aliphatic heterocycles. The molecule has 0 radical (unpaired) electrons. The Kier molecular flexibility index (Phi) is 6.71. The number of allylic oxidation sites excluding steroid dienone is 4. The van der Waals surface area contributed by atoms with Crippen molar-refractivity contribution in [1.29, 1.82) is 0 Å². The van der Waals surface area contributed by atoms with Gasteiger partial charge in [0.15, 0.2) is 0 Å². The van der Waals surface area contributed by atoms with E-state index in [1.165, 1.54) is 55.3 Å². The molecule has 2 aliphatic carbocycles. The zero-order chi connectivity index (χ0) is 37.8. The molecule has 4 heteroatoms. The van der Waals surface area contributed by atoms with E-state index in [-0.39, 0.29) is 6.04 Å². The molecule has 1 N–H and O–H groups in total. The Hall–Kier alpha value is -7.17. The third kappa shape index (κ3) is 4.30. The van der Waals surface area contributed by atoms with Crippen LogP contribution in [0.4, 0.5) is 0 Å². The first kappa shape index (κ1) is 32.1. The zero-order valence-corrected chi connectivity index (χ0v) is 31.6. The summed E-state index contributed by atoms with van der Waals surface area (Å²) in [5.74, 6) is 0.788. The second-order valence-corrected chi connectivity index (χ2v) is 15.4. The normalized spacial score (nSPS) is 18.5. The predicted molar refractivity (Wildman–Crippen MR) is 235 cm³/mol. The monoisotopic (exact) mass is 731 g/mol. The second-order valence-electron chi connectivity index (χ2n) is 15.4. The van der Waals surface area contributed by atoms with Gasteiger partial charge in [-0.05, 0) is 88.2 Å². The molecule has 7 aromatic carbocycles. The molecule has 2 aromatic heterocycles. The molecule has 2 atom stereocenters. The summed E-state index contributed by atoms with van der Waals surface area (Å²) in [6.07, 6.45) is 6.79. The Labute approximate surface area is 330 Å².